The van der Waals surface area contributed by atoms with Gasteiger partial charge in [-0.25, -0.2) is 9.18 Å². The number of hydrogen-bond donors (Lipinski definition) is 1. The summed E-state index contributed by atoms with van der Waals surface area (Å²) in [6.07, 6.45) is 1.55. The summed E-state index contributed by atoms with van der Waals surface area (Å²) in [4.78, 5) is 27.0. The third-order valence-electron chi connectivity index (χ3n) is 5.27. The van der Waals surface area contributed by atoms with Crippen molar-refractivity contribution in [3.05, 3.63) is 64.9 Å². The lowest BCUT2D eigenvalue weighted by Gasteiger charge is -2.40. The van der Waals surface area contributed by atoms with Crippen molar-refractivity contribution in [1.29, 1.82) is 0 Å². The first-order chi connectivity index (χ1) is 13.9. The molecule has 29 heavy (non-hydrogen) atoms. The highest BCUT2D eigenvalue weighted by Gasteiger charge is 2.43. The molecule has 0 aromatic heterocycles. The van der Waals surface area contributed by atoms with Gasteiger partial charge in [0.2, 0.25) is 0 Å². The van der Waals surface area contributed by atoms with E-state index in [4.69, 9.17) is 16.3 Å². The number of rotatable bonds is 5. The molecule has 2 amide bonds. The maximum absolute atomic E-state index is 13.0. The minimum atomic E-state index is -0.670. The Labute approximate surface area is 174 Å². The van der Waals surface area contributed by atoms with Gasteiger partial charge in [-0.2, -0.15) is 0 Å². The molecular formula is C22H24ClFN2O3. The van der Waals surface area contributed by atoms with Crippen LogP contribution in [0.2, 0.25) is 5.02 Å². The summed E-state index contributed by atoms with van der Waals surface area (Å²) < 4.78 is 18.4. The predicted molar refractivity (Wildman–Crippen MR) is 110 cm³/mol. The summed E-state index contributed by atoms with van der Waals surface area (Å²) in [6.45, 7) is 2.97. The molecule has 7 heteroatoms. The van der Waals surface area contributed by atoms with Crippen LogP contribution in [-0.4, -0.2) is 36.6 Å². The molecule has 2 aromatic rings. The number of ether oxygens (including phenoxy) is 1. The van der Waals surface area contributed by atoms with E-state index in [0.29, 0.717) is 49.7 Å². The number of anilines is 1. The van der Waals surface area contributed by atoms with E-state index < -0.39 is 5.41 Å². The molecule has 2 aromatic carbocycles. The van der Waals surface area contributed by atoms with E-state index in [-0.39, 0.29) is 17.8 Å². The summed E-state index contributed by atoms with van der Waals surface area (Å²) >= 11 is 5.97. The summed E-state index contributed by atoms with van der Waals surface area (Å²) in [5.74, 6) is -0.587. The minimum absolute atomic E-state index is 0.228. The minimum Gasteiger partial charge on any atom is -0.466 e. The first kappa shape index (κ1) is 21.1. The lowest BCUT2D eigenvalue weighted by atomic mass is 9.73. The average Bonchev–Trinajstić information content (AvgIpc) is 2.72. The highest BCUT2D eigenvalue weighted by molar-refractivity contribution is 6.30. The SMILES string of the molecule is CCOC(=O)C1(Cc2ccc(Cl)cc2)CCN(C(=O)Nc2ccc(F)cc2)CC1. The summed E-state index contributed by atoms with van der Waals surface area (Å²) in [5.41, 5.74) is 0.864. The smallest absolute Gasteiger partial charge is 0.321 e. The van der Waals surface area contributed by atoms with E-state index >= 15 is 0 Å². The second kappa shape index (κ2) is 9.27. The fourth-order valence-electron chi connectivity index (χ4n) is 3.60. The number of carbonyl (C=O) groups excluding carboxylic acids is 2. The van der Waals surface area contributed by atoms with Crippen LogP contribution in [0.25, 0.3) is 0 Å². The van der Waals surface area contributed by atoms with Crippen molar-refractivity contribution in [2.24, 2.45) is 5.41 Å². The van der Waals surface area contributed by atoms with E-state index in [1.165, 1.54) is 24.3 Å². The van der Waals surface area contributed by atoms with Gasteiger partial charge < -0.3 is 15.0 Å². The second-order valence-electron chi connectivity index (χ2n) is 7.23. The second-order valence-corrected chi connectivity index (χ2v) is 7.66. The molecule has 154 valence electrons. The van der Waals surface area contributed by atoms with Crippen molar-refractivity contribution < 1.29 is 18.7 Å². The summed E-state index contributed by atoms with van der Waals surface area (Å²) in [7, 11) is 0. The maximum atomic E-state index is 13.0. The Kier molecular flexibility index (Phi) is 6.75. The van der Waals surface area contributed by atoms with Gasteiger partial charge in [0, 0.05) is 23.8 Å². The first-order valence-electron chi connectivity index (χ1n) is 9.65. The molecule has 1 aliphatic rings. The van der Waals surface area contributed by atoms with Crippen molar-refractivity contribution in [3.8, 4) is 0 Å². The van der Waals surface area contributed by atoms with Crippen molar-refractivity contribution in [2.75, 3.05) is 25.0 Å². The molecule has 5 nitrogen and oxygen atoms in total. The van der Waals surface area contributed by atoms with Gasteiger partial charge in [-0.3, -0.25) is 4.79 Å². The third kappa shape index (κ3) is 5.26. The number of piperidine rings is 1. The first-order valence-corrected chi connectivity index (χ1v) is 10.0. The molecule has 0 atom stereocenters. The van der Waals surface area contributed by atoms with Crippen LogP contribution in [0.1, 0.15) is 25.3 Å². The fourth-order valence-corrected chi connectivity index (χ4v) is 3.73. The average molecular weight is 419 g/mol. The van der Waals surface area contributed by atoms with E-state index in [9.17, 15) is 14.0 Å². The molecule has 0 aliphatic carbocycles. The number of hydrogen-bond acceptors (Lipinski definition) is 3. The van der Waals surface area contributed by atoms with Crippen LogP contribution in [-0.2, 0) is 16.0 Å². The Hall–Kier alpha value is -2.60. The zero-order valence-corrected chi connectivity index (χ0v) is 17.0. The highest BCUT2D eigenvalue weighted by atomic mass is 35.5. The number of urea groups is 1. The van der Waals surface area contributed by atoms with Crippen LogP contribution in [0.3, 0.4) is 0 Å². The summed E-state index contributed by atoms with van der Waals surface area (Å²) in [6, 6.07) is 12.8. The van der Waals surface area contributed by atoms with Gasteiger partial charge in [0.05, 0.1) is 12.0 Å². The van der Waals surface area contributed by atoms with Crippen LogP contribution < -0.4 is 5.32 Å². The number of carbonyl (C=O) groups is 2. The normalized spacial score (nSPS) is 15.6. The van der Waals surface area contributed by atoms with Crippen molar-refractivity contribution in [2.45, 2.75) is 26.2 Å². The third-order valence-corrected chi connectivity index (χ3v) is 5.52. The van der Waals surface area contributed by atoms with E-state index in [1.807, 2.05) is 12.1 Å². The molecule has 1 saturated heterocycles. The molecule has 0 unspecified atom stereocenters. The molecular weight excluding hydrogens is 395 g/mol. The molecule has 1 fully saturated rings. The van der Waals surface area contributed by atoms with Crippen LogP contribution in [0.4, 0.5) is 14.9 Å². The molecule has 3 rings (SSSR count). The fraction of sp³-hybridized carbons (Fsp3) is 0.364. The van der Waals surface area contributed by atoms with Gasteiger partial charge in [-0.1, -0.05) is 23.7 Å². The van der Waals surface area contributed by atoms with Gasteiger partial charge >= 0.3 is 12.0 Å². The number of esters is 1. The molecule has 0 radical (unpaired) electrons. The van der Waals surface area contributed by atoms with Crippen molar-refractivity contribution >= 4 is 29.3 Å². The zero-order valence-electron chi connectivity index (χ0n) is 16.3. The molecule has 0 bridgehead atoms. The van der Waals surface area contributed by atoms with Crippen molar-refractivity contribution in [3.63, 3.8) is 0 Å². The molecule has 1 heterocycles. The number of nitrogens with zero attached hydrogens (tertiary/aromatic N) is 1. The summed E-state index contributed by atoms with van der Waals surface area (Å²) in [5, 5.41) is 3.41. The Morgan fingerprint density at radius 3 is 2.31 bits per heavy atom. The Morgan fingerprint density at radius 2 is 1.72 bits per heavy atom. The Morgan fingerprint density at radius 1 is 1.10 bits per heavy atom. The monoisotopic (exact) mass is 418 g/mol. The maximum Gasteiger partial charge on any atom is 0.321 e. The van der Waals surface area contributed by atoms with Gasteiger partial charge in [0.15, 0.2) is 0 Å². The predicted octanol–water partition coefficient (Wildman–Crippen LogP) is 4.90. The van der Waals surface area contributed by atoms with Crippen LogP contribution >= 0.6 is 11.6 Å². The molecule has 1 N–H and O–H groups in total. The molecule has 0 saturated carbocycles. The molecule has 0 spiro atoms. The lowest BCUT2D eigenvalue weighted by Crippen LogP contribution is -2.49. The van der Waals surface area contributed by atoms with Crippen molar-refractivity contribution in [1.82, 2.24) is 4.90 Å². The zero-order chi connectivity index (χ0) is 20.9. The van der Waals surface area contributed by atoms with E-state index in [2.05, 4.69) is 5.32 Å². The lowest BCUT2D eigenvalue weighted by molar-refractivity contribution is -0.158. The highest BCUT2D eigenvalue weighted by Crippen LogP contribution is 2.37. The van der Waals surface area contributed by atoms with Gasteiger partial charge in [-0.05, 0) is 68.1 Å². The standard InChI is InChI=1S/C22H24ClFN2O3/c1-2-29-20(27)22(15-16-3-5-17(23)6-4-16)11-13-26(14-12-22)21(28)25-19-9-7-18(24)8-10-19/h3-10H,2,11-15H2,1H3,(H,25,28). The number of amides is 2. The quantitative estimate of drug-likeness (QED) is 0.702. The Balaban J connectivity index is 1.68. The van der Waals surface area contributed by atoms with Gasteiger partial charge in [0.25, 0.3) is 0 Å². The van der Waals surface area contributed by atoms with Crippen LogP contribution in [0, 0.1) is 11.2 Å². The number of benzene rings is 2. The van der Waals surface area contributed by atoms with Gasteiger partial charge in [-0.15, -0.1) is 0 Å². The largest absolute Gasteiger partial charge is 0.466 e. The van der Waals surface area contributed by atoms with E-state index in [0.717, 1.165) is 5.56 Å². The number of halogens is 2. The van der Waals surface area contributed by atoms with Crippen LogP contribution in [0.5, 0.6) is 0 Å². The Bertz CT molecular complexity index is 847. The van der Waals surface area contributed by atoms with E-state index in [1.54, 1.807) is 24.0 Å². The van der Waals surface area contributed by atoms with Crippen LogP contribution in [0.15, 0.2) is 48.5 Å². The number of nitrogens with one attached hydrogen (secondary N) is 1. The number of likely N-dealkylation sites (tertiary alicyclic amines) is 1. The topological polar surface area (TPSA) is 58.6 Å². The molecule has 1 aliphatic heterocycles. The van der Waals surface area contributed by atoms with Gasteiger partial charge in [0.1, 0.15) is 5.82 Å².